The molecule has 0 aromatic heterocycles. The van der Waals surface area contributed by atoms with Gasteiger partial charge in [0.1, 0.15) is 5.82 Å². The van der Waals surface area contributed by atoms with Gasteiger partial charge in [0.25, 0.3) is 0 Å². The molecule has 0 bridgehead atoms. The zero-order valence-electron chi connectivity index (χ0n) is 7.96. The highest BCUT2D eigenvalue weighted by molar-refractivity contribution is 5.80. The van der Waals surface area contributed by atoms with E-state index < -0.39 is 17.5 Å². The fourth-order valence-electron chi connectivity index (χ4n) is 2.01. The molecule has 0 aliphatic heterocycles. The Morgan fingerprint density at radius 1 is 1.47 bits per heavy atom. The highest BCUT2D eigenvalue weighted by atomic mass is 19.1. The molecule has 1 N–H and O–H groups in total. The third kappa shape index (κ3) is 1.50. The quantitative estimate of drug-likeness (QED) is 0.776. The number of alkyl halides is 1. The number of halogens is 2. The fourth-order valence-corrected chi connectivity index (χ4v) is 2.01. The molecule has 0 heterocycles. The average molecular weight is 212 g/mol. The first-order chi connectivity index (χ1) is 7.04. The number of benzene rings is 1. The van der Waals surface area contributed by atoms with E-state index in [1.54, 1.807) is 0 Å². The number of rotatable bonds is 1. The maximum absolute atomic E-state index is 14.1. The SMILES string of the molecule is O=C(O)C1(F)CCCc2ccc(F)cc21. The third-order valence-electron chi connectivity index (χ3n) is 2.81. The molecule has 0 fully saturated rings. The average Bonchev–Trinajstić information content (AvgIpc) is 2.19. The van der Waals surface area contributed by atoms with Crippen molar-refractivity contribution in [1.29, 1.82) is 0 Å². The molecular weight excluding hydrogens is 202 g/mol. The number of aryl methyl sites for hydroxylation is 1. The van der Waals surface area contributed by atoms with Crippen LogP contribution in [0.15, 0.2) is 18.2 Å². The van der Waals surface area contributed by atoms with Crippen LogP contribution in [-0.2, 0) is 16.9 Å². The minimum absolute atomic E-state index is 0.0266. The van der Waals surface area contributed by atoms with Gasteiger partial charge in [0, 0.05) is 5.56 Å². The lowest BCUT2D eigenvalue weighted by Gasteiger charge is -2.28. The van der Waals surface area contributed by atoms with E-state index in [4.69, 9.17) is 5.11 Å². The van der Waals surface area contributed by atoms with Crippen LogP contribution in [-0.4, -0.2) is 11.1 Å². The lowest BCUT2D eigenvalue weighted by Crippen LogP contribution is -2.34. The van der Waals surface area contributed by atoms with E-state index in [2.05, 4.69) is 0 Å². The van der Waals surface area contributed by atoms with Gasteiger partial charge >= 0.3 is 5.97 Å². The Bertz CT molecular complexity index is 417. The highest BCUT2D eigenvalue weighted by Crippen LogP contribution is 2.39. The monoisotopic (exact) mass is 212 g/mol. The van der Waals surface area contributed by atoms with Crippen LogP contribution in [0.3, 0.4) is 0 Å². The first-order valence-corrected chi connectivity index (χ1v) is 4.75. The van der Waals surface area contributed by atoms with Gasteiger partial charge in [-0.05, 0) is 37.0 Å². The summed E-state index contributed by atoms with van der Waals surface area (Å²) >= 11 is 0. The van der Waals surface area contributed by atoms with E-state index in [9.17, 15) is 13.6 Å². The summed E-state index contributed by atoms with van der Waals surface area (Å²) in [6, 6.07) is 3.68. The number of hydrogen-bond acceptors (Lipinski definition) is 1. The molecule has 0 saturated heterocycles. The molecule has 80 valence electrons. The number of hydrogen-bond donors (Lipinski definition) is 1. The topological polar surface area (TPSA) is 37.3 Å². The molecule has 0 amide bonds. The molecule has 1 atom stereocenters. The van der Waals surface area contributed by atoms with Gasteiger partial charge in [0.15, 0.2) is 0 Å². The Morgan fingerprint density at radius 3 is 2.87 bits per heavy atom. The maximum Gasteiger partial charge on any atom is 0.346 e. The minimum Gasteiger partial charge on any atom is -0.479 e. The number of carbonyl (C=O) groups is 1. The molecule has 0 radical (unpaired) electrons. The second-order valence-electron chi connectivity index (χ2n) is 3.76. The number of aliphatic carboxylic acids is 1. The Balaban J connectivity index is 2.59. The molecule has 15 heavy (non-hydrogen) atoms. The van der Waals surface area contributed by atoms with Crippen molar-refractivity contribution in [3.05, 3.63) is 35.1 Å². The zero-order chi connectivity index (χ0) is 11.1. The second-order valence-corrected chi connectivity index (χ2v) is 3.76. The maximum atomic E-state index is 14.1. The second kappa shape index (κ2) is 3.29. The van der Waals surface area contributed by atoms with Gasteiger partial charge in [0.2, 0.25) is 5.67 Å². The Morgan fingerprint density at radius 2 is 2.20 bits per heavy atom. The molecule has 2 nitrogen and oxygen atoms in total. The largest absolute Gasteiger partial charge is 0.479 e. The van der Waals surface area contributed by atoms with E-state index >= 15 is 0 Å². The van der Waals surface area contributed by atoms with E-state index in [-0.39, 0.29) is 12.0 Å². The number of carboxylic acids is 1. The summed E-state index contributed by atoms with van der Waals surface area (Å²) in [5.41, 5.74) is -1.86. The molecule has 1 aliphatic rings. The van der Waals surface area contributed by atoms with Crippen molar-refractivity contribution in [3.8, 4) is 0 Å². The van der Waals surface area contributed by atoms with Crippen LogP contribution < -0.4 is 0 Å². The van der Waals surface area contributed by atoms with Gasteiger partial charge in [-0.25, -0.2) is 13.6 Å². The highest BCUT2D eigenvalue weighted by Gasteiger charge is 2.44. The molecule has 0 saturated carbocycles. The number of fused-ring (bicyclic) bond motifs is 1. The van der Waals surface area contributed by atoms with Gasteiger partial charge in [-0.15, -0.1) is 0 Å². The van der Waals surface area contributed by atoms with E-state index in [1.807, 2.05) is 0 Å². The van der Waals surface area contributed by atoms with E-state index in [0.717, 1.165) is 6.07 Å². The standard InChI is InChI=1S/C11H10F2O2/c12-8-4-3-7-2-1-5-11(13,10(14)15)9(7)6-8/h3-4,6H,1-2,5H2,(H,14,15). The predicted molar refractivity (Wildman–Crippen MR) is 49.8 cm³/mol. The van der Waals surface area contributed by atoms with Crippen LogP contribution in [0, 0.1) is 5.82 Å². The van der Waals surface area contributed by atoms with Crippen molar-refractivity contribution in [2.24, 2.45) is 0 Å². The molecule has 1 aromatic rings. The van der Waals surface area contributed by atoms with Crippen LogP contribution in [0.1, 0.15) is 24.0 Å². The Labute approximate surface area is 85.5 Å². The van der Waals surface area contributed by atoms with Gasteiger partial charge in [-0.1, -0.05) is 6.07 Å². The summed E-state index contributed by atoms with van der Waals surface area (Å²) < 4.78 is 27.0. The van der Waals surface area contributed by atoms with Crippen molar-refractivity contribution >= 4 is 5.97 Å². The van der Waals surface area contributed by atoms with Crippen molar-refractivity contribution in [3.63, 3.8) is 0 Å². The van der Waals surface area contributed by atoms with E-state index in [1.165, 1.54) is 12.1 Å². The fraction of sp³-hybridized carbons (Fsp3) is 0.364. The molecule has 4 heteroatoms. The van der Waals surface area contributed by atoms with E-state index in [0.29, 0.717) is 18.4 Å². The Hall–Kier alpha value is -1.45. The molecule has 1 unspecified atom stereocenters. The van der Waals surface area contributed by atoms with Crippen LogP contribution in [0.2, 0.25) is 0 Å². The van der Waals surface area contributed by atoms with Gasteiger partial charge in [-0.2, -0.15) is 0 Å². The molecule has 1 aromatic carbocycles. The summed E-state index contributed by atoms with van der Waals surface area (Å²) in [5.74, 6) is -2.13. The van der Waals surface area contributed by atoms with Crippen LogP contribution in [0.4, 0.5) is 8.78 Å². The summed E-state index contributed by atoms with van der Waals surface area (Å²) in [5, 5.41) is 8.84. The summed E-state index contributed by atoms with van der Waals surface area (Å²) in [6.45, 7) is 0. The smallest absolute Gasteiger partial charge is 0.346 e. The summed E-state index contributed by atoms with van der Waals surface area (Å²) in [7, 11) is 0. The van der Waals surface area contributed by atoms with Gasteiger partial charge in [-0.3, -0.25) is 0 Å². The molecular formula is C11H10F2O2. The van der Waals surface area contributed by atoms with Crippen molar-refractivity contribution < 1.29 is 18.7 Å². The van der Waals surface area contributed by atoms with Gasteiger partial charge in [0.05, 0.1) is 0 Å². The Kier molecular flexibility index (Phi) is 2.21. The first kappa shape index (κ1) is 10.1. The number of carboxylic acid groups (broad SMARTS) is 1. The molecule has 2 rings (SSSR count). The van der Waals surface area contributed by atoms with Crippen molar-refractivity contribution in [1.82, 2.24) is 0 Å². The normalized spacial score (nSPS) is 24.7. The lowest BCUT2D eigenvalue weighted by atomic mass is 9.80. The predicted octanol–water partition coefficient (Wildman–Crippen LogP) is 2.41. The van der Waals surface area contributed by atoms with Crippen molar-refractivity contribution in [2.45, 2.75) is 24.9 Å². The molecule has 0 spiro atoms. The molecule has 1 aliphatic carbocycles. The van der Waals surface area contributed by atoms with Crippen LogP contribution >= 0.6 is 0 Å². The lowest BCUT2D eigenvalue weighted by molar-refractivity contribution is -0.152. The zero-order valence-corrected chi connectivity index (χ0v) is 7.96. The summed E-state index contributed by atoms with van der Waals surface area (Å²) in [4.78, 5) is 10.9. The van der Waals surface area contributed by atoms with Crippen molar-refractivity contribution in [2.75, 3.05) is 0 Å². The van der Waals surface area contributed by atoms with Crippen LogP contribution in [0.5, 0.6) is 0 Å². The minimum atomic E-state index is -2.42. The van der Waals surface area contributed by atoms with Gasteiger partial charge < -0.3 is 5.11 Å². The summed E-state index contributed by atoms with van der Waals surface area (Å²) in [6.07, 6.45) is 0.995. The third-order valence-corrected chi connectivity index (χ3v) is 2.81. The van der Waals surface area contributed by atoms with Crippen LogP contribution in [0.25, 0.3) is 0 Å². The first-order valence-electron chi connectivity index (χ1n) is 4.75.